The van der Waals surface area contributed by atoms with Crippen LogP contribution < -0.4 is 9.47 Å². The lowest BCUT2D eigenvalue weighted by molar-refractivity contribution is -0.121. The van der Waals surface area contributed by atoms with Gasteiger partial charge in [-0.2, -0.15) is 0 Å². The second kappa shape index (κ2) is 10.3. The molecule has 1 fully saturated rings. The Hall–Kier alpha value is -2.35. The number of likely N-dealkylation sites (N-methyl/N-ethyl adjacent to an activating group) is 1. The first-order valence-electron chi connectivity index (χ1n) is 8.83. The smallest absolute Gasteiger partial charge is 0.265 e. The third-order valence-electron chi connectivity index (χ3n) is 3.90. The Bertz CT molecular complexity index is 837. The molecule has 1 saturated heterocycles. The van der Waals surface area contributed by atoms with Crippen LogP contribution in [0.2, 0.25) is 0 Å². The first-order chi connectivity index (χ1) is 13.6. The van der Waals surface area contributed by atoms with Crippen molar-refractivity contribution in [1.29, 1.82) is 0 Å². The molecular formula is C21H21NO4S2. The molecule has 1 aliphatic rings. The molecule has 0 radical (unpaired) electrons. The molecule has 3 rings (SSSR count). The number of para-hydroxylation sites is 1. The van der Waals surface area contributed by atoms with Gasteiger partial charge in [-0.3, -0.25) is 9.69 Å². The molecule has 2 aromatic rings. The second-order valence-electron chi connectivity index (χ2n) is 5.93. The molecule has 146 valence electrons. The van der Waals surface area contributed by atoms with Crippen molar-refractivity contribution in [2.75, 3.05) is 33.5 Å². The van der Waals surface area contributed by atoms with Crippen molar-refractivity contribution in [2.45, 2.75) is 0 Å². The lowest BCUT2D eigenvalue weighted by Crippen LogP contribution is -2.22. The zero-order valence-electron chi connectivity index (χ0n) is 15.5. The van der Waals surface area contributed by atoms with Gasteiger partial charge in [-0.05, 0) is 35.9 Å². The van der Waals surface area contributed by atoms with E-state index in [1.165, 1.54) is 16.7 Å². The fourth-order valence-electron chi connectivity index (χ4n) is 2.41. The van der Waals surface area contributed by atoms with Crippen LogP contribution in [0.15, 0.2) is 59.5 Å². The van der Waals surface area contributed by atoms with Crippen molar-refractivity contribution < 1.29 is 19.0 Å². The molecule has 0 bridgehead atoms. The van der Waals surface area contributed by atoms with Gasteiger partial charge in [-0.1, -0.05) is 54.3 Å². The molecule has 0 aromatic heterocycles. The van der Waals surface area contributed by atoms with Crippen molar-refractivity contribution in [2.24, 2.45) is 0 Å². The number of carbonyl (C=O) groups is 1. The fraction of sp³-hybridized carbons (Fsp3) is 0.238. The van der Waals surface area contributed by atoms with E-state index in [0.717, 1.165) is 17.1 Å². The van der Waals surface area contributed by atoms with Gasteiger partial charge in [0.1, 0.15) is 29.0 Å². The standard InChI is InChI=1S/C21H21NO4S2/c1-22-20(23)19(28-21(22)27)15-16-7-9-18(10-8-16)26-14-12-24-11-13-25-17-5-3-2-4-6-17/h2-10,15H,11-14H2,1H3. The summed E-state index contributed by atoms with van der Waals surface area (Å²) in [7, 11) is 1.69. The number of ether oxygens (including phenoxy) is 3. The Morgan fingerprint density at radius 3 is 2.11 bits per heavy atom. The maximum atomic E-state index is 12.0. The van der Waals surface area contributed by atoms with E-state index in [1.54, 1.807) is 7.05 Å². The highest BCUT2D eigenvalue weighted by Crippen LogP contribution is 2.31. The number of carbonyl (C=O) groups excluding carboxylic acids is 1. The summed E-state index contributed by atoms with van der Waals surface area (Å²) in [6, 6.07) is 17.2. The van der Waals surface area contributed by atoms with Gasteiger partial charge in [0, 0.05) is 7.05 Å². The first kappa shape index (κ1) is 20.4. The minimum absolute atomic E-state index is 0.0660. The Kier molecular flexibility index (Phi) is 7.47. The van der Waals surface area contributed by atoms with Gasteiger partial charge < -0.3 is 14.2 Å². The minimum atomic E-state index is -0.0660. The summed E-state index contributed by atoms with van der Waals surface area (Å²) < 4.78 is 17.3. The van der Waals surface area contributed by atoms with Crippen LogP contribution in [-0.2, 0) is 9.53 Å². The predicted octanol–water partition coefficient (Wildman–Crippen LogP) is 3.99. The SMILES string of the molecule is CN1C(=O)C(=Cc2ccc(OCCOCCOc3ccccc3)cc2)SC1=S. The molecule has 0 saturated carbocycles. The predicted molar refractivity (Wildman–Crippen MR) is 116 cm³/mol. The molecule has 1 amide bonds. The van der Waals surface area contributed by atoms with E-state index >= 15 is 0 Å². The van der Waals surface area contributed by atoms with Crippen LogP contribution in [0.3, 0.4) is 0 Å². The Labute approximate surface area is 174 Å². The number of amides is 1. The summed E-state index contributed by atoms with van der Waals surface area (Å²) in [6.07, 6.45) is 1.84. The number of thiocarbonyl (C=S) groups is 1. The largest absolute Gasteiger partial charge is 0.491 e. The second-order valence-corrected chi connectivity index (χ2v) is 7.61. The average Bonchev–Trinajstić information content (AvgIpc) is 2.96. The zero-order valence-corrected chi connectivity index (χ0v) is 17.1. The number of hydrogen-bond acceptors (Lipinski definition) is 6. The van der Waals surface area contributed by atoms with Gasteiger partial charge in [0.25, 0.3) is 5.91 Å². The van der Waals surface area contributed by atoms with E-state index in [9.17, 15) is 4.79 Å². The van der Waals surface area contributed by atoms with Gasteiger partial charge in [0.05, 0.1) is 18.1 Å². The third-order valence-corrected chi connectivity index (χ3v) is 5.39. The molecule has 0 spiro atoms. The molecule has 5 nitrogen and oxygen atoms in total. The molecular weight excluding hydrogens is 394 g/mol. The number of thioether (sulfide) groups is 1. The normalized spacial score (nSPS) is 15.3. The van der Waals surface area contributed by atoms with Crippen molar-refractivity contribution in [3.05, 3.63) is 65.1 Å². The van der Waals surface area contributed by atoms with Crippen LogP contribution >= 0.6 is 24.0 Å². The first-order valence-corrected chi connectivity index (χ1v) is 10.1. The maximum Gasteiger partial charge on any atom is 0.265 e. The summed E-state index contributed by atoms with van der Waals surface area (Å²) in [5.74, 6) is 1.52. The summed E-state index contributed by atoms with van der Waals surface area (Å²) in [5, 5.41) is 0. The van der Waals surface area contributed by atoms with Crippen molar-refractivity contribution in [3.63, 3.8) is 0 Å². The molecule has 1 aliphatic heterocycles. The van der Waals surface area contributed by atoms with Crippen LogP contribution in [0, 0.1) is 0 Å². The number of benzene rings is 2. The highest BCUT2D eigenvalue weighted by atomic mass is 32.2. The zero-order chi connectivity index (χ0) is 19.8. The molecule has 0 aliphatic carbocycles. The van der Waals surface area contributed by atoms with Gasteiger partial charge in [-0.25, -0.2) is 0 Å². The summed E-state index contributed by atoms with van der Waals surface area (Å²) in [5.41, 5.74) is 0.926. The van der Waals surface area contributed by atoms with Crippen molar-refractivity contribution in [1.82, 2.24) is 4.90 Å². The number of rotatable bonds is 9. The Morgan fingerprint density at radius 1 is 0.929 bits per heavy atom. The summed E-state index contributed by atoms with van der Waals surface area (Å²) in [4.78, 5) is 14.1. The maximum absolute atomic E-state index is 12.0. The minimum Gasteiger partial charge on any atom is -0.491 e. The van der Waals surface area contributed by atoms with E-state index in [2.05, 4.69) is 0 Å². The number of hydrogen-bond donors (Lipinski definition) is 0. The van der Waals surface area contributed by atoms with Crippen LogP contribution in [0.4, 0.5) is 0 Å². The summed E-state index contributed by atoms with van der Waals surface area (Å²) in [6.45, 7) is 1.95. The molecule has 0 atom stereocenters. The topological polar surface area (TPSA) is 48.0 Å². The van der Waals surface area contributed by atoms with Crippen LogP contribution in [0.1, 0.15) is 5.56 Å². The average molecular weight is 416 g/mol. The highest BCUT2D eigenvalue weighted by molar-refractivity contribution is 8.26. The number of nitrogens with zero attached hydrogens (tertiary/aromatic N) is 1. The molecule has 0 N–H and O–H groups in total. The van der Waals surface area contributed by atoms with E-state index in [-0.39, 0.29) is 5.91 Å². The van der Waals surface area contributed by atoms with E-state index in [1.807, 2.05) is 60.7 Å². The van der Waals surface area contributed by atoms with E-state index in [0.29, 0.717) is 35.7 Å². The van der Waals surface area contributed by atoms with Crippen molar-refractivity contribution in [3.8, 4) is 11.5 Å². The molecule has 28 heavy (non-hydrogen) atoms. The Balaban J connectivity index is 1.35. The van der Waals surface area contributed by atoms with E-state index in [4.69, 9.17) is 26.4 Å². The summed E-state index contributed by atoms with van der Waals surface area (Å²) >= 11 is 6.44. The molecule has 0 unspecified atom stereocenters. The van der Waals surface area contributed by atoms with Gasteiger partial charge >= 0.3 is 0 Å². The van der Waals surface area contributed by atoms with Crippen LogP contribution in [-0.4, -0.2) is 48.6 Å². The fourth-order valence-corrected chi connectivity index (χ4v) is 3.59. The van der Waals surface area contributed by atoms with Crippen LogP contribution in [0.5, 0.6) is 11.5 Å². The monoisotopic (exact) mass is 415 g/mol. The lowest BCUT2D eigenvalue weighted by atomic mass is 10.2. The van der Waals surface area contributed by atoms with Gasteiger partial charge in [-0.15, -0.1) is 0 Å². The third kappa shape index (κ3) is 5.82. The van der Waals surface area contributed by atoms with Crippen molar-refractivity contribution >= 4 is 40.3 Å². The molecule has 1 heterocycles. The Morgan fingerprint density at radius 2 is 1.54 bits per heavy atom. The van der Waals surface area contributed by atoms with Crippen LogP contribution in [0.25, 0.3) is 6.08 Å². The van der Waals surface area contributed by atoms with Gasteiger partial charge in [0.2, 0.25) is 0 Å². The molecule has 7 heteroatoms. The van der Waals surface area contributed by atoms with Gasteiger partial charge in [0.15, 0.2) is 0 Å². The molecule has 2 aromatic carbocycles. The lowest BCUT2D eigenvalue weighted by Gasteiger charge is -2.08. The highest BCUT2D eigenvalue weighted by Gasteiger charge is 2.28. The van der Waals surface area contributed by atoms with E-state index < -0.39 is 0 Å². The quantitative estimate of drug-likeness (QED) is 0.351.